The Balaban J connectivity index is 2.28. The molecule has 0 saturated carbocycles. The number of anilines is 1. The number of nitrogens with one attached hydrogen (secondary N) is 1. The monoisotopic (exact) mass is 302 g/mol. The Bertz CT molecular complexity index is 722. The van der Waals surface area contributed by atoms with E-state index in [1.54, 1.807) is 18.2 Å². The minimum Gasteiger partial charge on any atom is -0.321 e. The van der Waals surface area contributed by atoms with Gasteiger partial charge in [0.1, 0.15) is 0 Å². The summed E-state index contributed by atoms with van der Waals surface area (Å²) in [5, 5.41) is 11.8. The number of carbonyl (C=O) groups is 1. The summed E-state index contributed by atoms with van der Waals surface area (Å²) >= 11 is 10.3. The first kappa shape index (κ1) is 14.4. The van der Waals surface area contributed by atoms with E-state index in [0.717, 1.165) is 5.56 Å². The van der Waals surface area contributed by atoms with Crippen molar-refractivity contribution in [3.05, 3.63) is 58.1 Å². The normalized spacial score (nSPS) is 9.90. The molecule has 1 N–H and O–H groups in total. The first-order chi connectivity index (χ1) is 9.51. The van der Waals surface area contributed by atoms with E-state index in [0.29, 0.717) is 26.7 Å². The van der Waals surface area contributed by atoms with Crippen molar-refractivity contribution in [1.82, 2.24) is 0 Å². The van der Waals surface area contributed by atoms with Crippen LogP contribution in [-0.4, -0.2) is 5.91 Å². The molecule has 2 rings (SSSR count). The van der Waals surface area contributed by atoms with Crippen molar-refractivity contribution in [3.63, 3.8) is 0 Å². The van der Waals surface area contributed by atoms with E-state index in [-0.39, 0.29) is 5.91 Å². The Morgan fingerprint density at radius 3 is 2.70 bits per heavy atom. The lowest BCUT2D eigenvalue weighted by Crippen LogP contribution is -2.13. The number of carbonyl (C=O) groups excluding carboxylic acids is 1. The van der Waals surface area contributed by atoms with E-state index in [2.05, 4.69) is 17.9 Å². The summed E-state index contributed by atoms with van der Waals surface area (Å²) < 4.78 is 0. The topological polar surface area (TPSA) is 52.9 Å². The molecule has 20 heavy (non-hydrogen) atoms. The van der Waals surface area contributed by atoms with E-state index in [1.807, 2.05) is 25.1 Å². The van der Waals surface area contributed by atoms with Crippen LogP contribution in [0.5, 0.6) is 0 Å². The smallest absolute Gasteiger partial charge is 0.256 e. The van der Waals surface area contributed by atoms with E-state index < -0.39 is 0 Å². The van der Waals surface area contributed by atoms with Crippen LogP contribution in [-0.2, 0) is 0 Å². The zero-order valence-corrected chi connectivity index (χ0v) is 12.3. The van der Waals surface area contributed by atoms with Crippen molar-refractivity contribution in [2.75, 3.05) is 5.32 Å². The molecular weight excluding hydrogens is 292 g/mol. The minimum atomic E-state index is -0.259. The second kappa shape index (κ2) is 6.00. The summed E-state index contributed by atoms with van der Waals surface area (Å²) in [6, 6.07) is 12.1. The average molecular weight is 303 g/mol. The number of halogens is 1. The standard InChI is InChI=1S/C15H11ClN2OS/c1-9-2-4-11(20)7-12(9)15(19)18-14-5-3-10(8-17)6-13(14)16/h2-7,20H,1H3,(H,18,19). The first-order valence-electron chi connectivity index (χ1n) is 5.82. The lowest BCUT2D eigenvalue weighted by atomic mass is 10.1. The molecule has 0 fully saturated rings. The summed E-state index contributed by atoms with van der Waals surface area (Å²) in [5.41, 5.74) is 2.31. The van der Waals surface area contributed by atoms with Crippen LogP contribution in [0.25, 0.3) is 0 Å². The number of nitriles is 1. The molecule has 3 nitrogen and oxygen atoms in total. The molecule has 0 radical (unpaired) electrons. The van der Waals surface area contributed by atoms with Crippen molar-refractivity contribution in [1.29, 1.82) is 5.26 Å². The molecule has 0 saturated heterocycles. The van der Waals surface area contributed by atoms with Crippen molar-refractivity contribution in [3.8, 4) is 6.07 Å². The van der Waals surface area contributed by atoms with Gasteiger partial charge in [-0.3, -0.25) is 4.79 Å². The van der Waals surface area contributed by atoms with Gasteiger partial charge in [0.15, 0.2) is 0 Å². The van der Waals surface area contributed by atoms with Gasteiger partial charge in [0, 0.05) is 10.5 Å². The van der Waals surface area contributed by atoms with Gasteiger partial charge in [-0.2, -0.15) is 5.26 Å². The zero-order chi connectivity index (χ0) is 14.7. The number of hydrogen-bond acceptors (Lipinski definition) is 3. The molecule has 5 heteroatoms. The van der Waals surface area contributed by atoms with Gasteiger partial charge in [-0.25, -0.2) is 0 Å². The molecule has 0 bridgehead atoms. The van der Waals surface area contributed by atoms with Crippen molar-refractivity contribution in [2.45, 2.75) is 11.8 Å². The summed E-state index contributed by atoms with van der Waals surface area (Å²) in [6.45, 7) is 1.85. The van der Waals surface area contributed by atoms with E-state index in [4.69, 9.17) is 16.9 Å². The lowest BCUT2D eigenvalue weighted by Gasteiger charge is -2.10. The maximum Gasteiger partial charge on any atom is 0.256 e. The molecule has 0 unspecified atom stereocenters. The highest BCUT2D eigenvalue weighted by Crippen LogP contribution is 2.24. The Morgan fingerprint density at radius 2 is 2.05 bits per heavy atom. The predicted octanol–water partition coefficient (Wildman–Crippen LogP) is 4.06. The number of rotatable bonds is 2. The van der Waals surface area contributed by atoms with Crippen LogP contribution in [0.4, 0.5) is 5.69 Å². The fourth-order valence-corrected chi connectivity index (χ4v) is 2.16. The summed E-state index contributed by atoms with van der Waals surface area (Å²) in [6.07, 6.45) is 0. The molecule has 2 aromatic rings. The number of hydrogen-bond donors (Lipinski definition) is 2. The van der Waals surface area contributed by atoms with Crippen LogP contribution in [0.3, 0.4) is 0 Å². The second-order valence-corrected chi connectivity index (χ2v) is 5.18. The molecule has 0 aliphatic carbocycles. The van der Waals surface area contributed by atoms with Gasteiger partial charge >= 0.3 is 0 Å². The van der Waals surface area contributed by atoms with E-state index >= 15 is 0 Å². The largest absolute Gasteiger partial charge is 0.321 e. The van der Waals surface area contributed by atoms with Crippen LogP contribution < -0.4 is 5.32 Å². The van der Waals surface area contributed by atoms with Gasteiger partial charge in [0.2, 0.25) is 0 Å². The van der Waals surface area contributed by atoms with Crippen molar-refractivity contribution >= 4 is 35.8 Å². The molecule has 2 aromatic carbocycles. The molecule has 0 spiro atoms. The third kappa shape index (κ3) is 3.13. The first-order valence-corrected chi connectivity index (χ1v) is 6.64. The highest BCUT2D eigenvalue weighted by atomic mass is 35.5. The highest BCUT2D eigenvalue weighted by molar-refractivity contribution is 7.80. The third-order valence-electron chi connectivity index (χ3n) is 2.81. The number of benzene rings is 2. The zero-order valence-electron chi connectivity index (χ0n) is 10.6. The van der Waals surface area contributed by atoms with Gasteiger partial charge in [0.25, 0.3) is 5.91 Å². The molecule has 1 amide bonds. The summed E-state index contributed by atoms with van der Waals surface area (Å²) in [5.74, 6) is -0.259. The number of amides is 1. The van der Waals surface area contributed by atoms with Gasteiger partial charge in [-0.05, 0) is 42.8 Å². The predicted molar refractivity (Wildman–Crippen MR) is 82.6 cm³/mol. The lowest BCUT2D eigenvalue weighted by molar-refractivity contribution is 0.102. The number of thiol groups is 1. The van der Waals surface area contributed by atoms with E-state index in [9.17, 15) is 4.79 Å². The Labute approximate surface area is 127 Å². The summed E-state index contributed by atoms with van der Waals surface area (Å²) in [4.78, 5) is 12.9. The molecule has 0 aliphatic rings. The Kier molecular flexibility index (Phi) is 4.33. The quantitative estimate of drug-likeness (QED) is 0.822. The Hall–Kier alpha value is -1.96. The molecule has 0 heterocycles. The highest BCUT2D eigenvalue weighted by Gasteiger charge is 2.11. The van der Waals surface area contributed by atoms with Gasteiger partial charge in [-0.1, -0.05) is 17.7 Å². The SMILES string of the molecule is Cc1ccc(S)cc1C(=O)Nc1ccc(C#N)cc1Cl. The molecule has 0 aromatic heterocycles. The third-order valence-corrected chi connectivity index (χ3v) is 3.40. The maximum absolute atomic E-state index is 12.2. The van der Waals surface area contributed by atoms with Crippen LogP contribution >= 0.6 is 24.2 Å². The fraction of sp³-hybridized carbons (Fsp3) is 0.0667. The minimum absolute atomic E-state index is 0.259. The fourth-order valence-electron chi connectivity index (χ4n) is 1.73. The van der Waals surface area contributed by atoms with E-state index in [1.165, 1.54) is 6.07 Å². The second-order valence-electron chi connectivity index (χ2n) is 4.26. The van der Waals surface area contributed by atoms with Gasteiger partial charge < -0.3 is 5.32 Å². The van der Waals surface area contributed by atoms with Gasteiger partial charge in [-0.15, -0.1) is 12.6 Å². The van der Waals surface area contributed by atoms with Crippen molar-refractivity contribution < 1.29 is 4.79 Å². The van der Waals surface area contributed by atoms with Crippen LogP contribution in [0.1, 0.15) is 21.5 Å². The van der Waals surface area contributed by atoms with Crippen LogP contribution in [0.15, 0.2) is 41.3 Å². The van der Waals surface area contributed by atoms with Gasteiger partial charge in [0.05, 0.1) is 22.3 Å². The average Bonchev–Trinajstić information content (AvgIpc) is 2.43. The maximum atomic E-state index is 12.2. The van der Waals surface area contributed by atoms with Crippen LogP contribution in [0, 0.1) is 18.3 Å². The summed E-state index contributed by atoms with van der Waals surface area (Å²) in [7, 11) is 0. The van der Waals surface area contributed by atoms with Crippen LogP contribution in [0.2, 0.25) is 5.02 Å². The van der Waals surface area contributed by atoms with Crippen molar-refractivity contribution in [2.24, 2.45) is 0 Å². The molecule has 100 valence electrons. The molecular formula is C15H11ClN2OS. The number of aryl methyl sites for hydroxylation is 1. The molecule has 0 aliphatic heterocycles. The number of nitrogens with zero attached hydrogens (tertiary/aromatic N) is 1. The molecule has 0 atom stereocenters. The Morgan fingerprint density at radius 1 is 1.30 bits per heavy atom.